The van der Waals surface area contributed by atoms with Gasteiger partial charge in [-0.25, -0.2) is 4.79 Å². The highest BCUT2D eigenvalue weighted by Gasteiger charge is 2.27. The Morgan fingerprint density at radius 2 is 1.79 bits per heavy atom. The summed E-state index contributed by atoms with van der Waals surface area (Å²) >= 11 is 0. The Balaban J connectivity index is 1.29. The fourth-order valence-electron chi connectivity index (χ4n) is 4.07. The van der Waals surface area contributed by atoms with Crippen LogP contribution in [0.15, 0.2) is 66.7 Å². The number of carbonyl (C=O) groups excluding carboxylic acids is 2. The molecule has 33 heavy (non-hydrogen) atoms. The van der Waals surface area contributed by atoms with Crippen LogP contribution in [0.5, 0.6) is 11.5 Å². The third kappa shape index (κ3) is 4.48. The maximum Gasteiger partial charge on any atom is 0.324 e. The minimum Gasteiger partial charge on any atom is -0.454 e. The lowest BCUT2D eigenvalue weighted by Crippen LogP contribution is -2.49. The minimum absolute atomic E-state index is 0.0268. The maximum atomic E-state index is 13.2. The zero-order chi connectivity index (χ0) is 22.8. The van der Waals surface area contributed by atoms with Crippen LogP contribution in [-0.4, -0.2) is 36.7 Å². The van der Waals surface area contributed by atoms with Crippen molar-refractivity contribution in [3.63, 3.8) is 0 Å². The average Bonchev–Trinajstić information content (AvgIpc) is 3.30. The summed E-state index contributed by atoms with van der Waals surface area (Å²) in [6, 6.07) is 20.7. The van der Waals surface area contributed by atoms with E-state index in [0.29, 0.717) is 35.8 Å². The molecule has 5 rings (SSSR count). The number of urea groups is 1. The molecule has 2 aliphatic heterocycles. The molecule has 1 saturated heterocycles. The number of anilines is 2. The van der Waals surface area contributed by atoms with Crippen molar-refractivity contribution in [1.82, 2.24) is 4.90 Å². The van der Waals surface area contributed by atoms with Gasteiger partial charge in [-0.2, -0.15) is 0 Å². The van der Waals surface area contributed by atoms with Crippen LogP contribution in [-0.2, 0) is 6.54 Å². The molecule has 0 aliphatic carbocycles. The second kappa shape index (κ2) is 8.86. The van der Waals surface area contributed by atoms with Gasteiger partial charge in [0, 0.05) is 36.6 Å². The first-order chi connectivity index (χ1) is 16.1. The summed E-state index contributed by atoms with van der Waals surface area (Å²) in [6.45, 7) is 4.16. The molecule has 0 atom stereocenters. The maximum absolute atomic E-state index is 13.2. The van der Waals surface area contributed by atoms with Gasteiger partial charge in [-0.3, -0.25) is 9.69 Å². The Labute approximate surface area is 192 Å². The van der Waals surface area contributed by atoms with Crippen molar-refractivity contribution >= 4 is 23.3 Å². The van der Waals surface area contributed by atoms with Crippen LogP contribution >= 0.6 is 0 Å². The second-order valence-electron chi connectivity index (χ2n) is 8.27. The molecule has 3 amide bonds. The smallest absolute Gasteiger partial charge is 0.324 e. The average molecular weight is 444 g/mol. The number of rotatable bonds is 5. The number of aryl methyl sites for hydroxylation is 1. The Bertz CT molecular complexity index is 1190. The lowest BCUT2D eigenvalue weighted by atomic mass is 10.1. The fourth-order valence-corrected chi connectivity index (χ4v) is 4.07. The van der Waals surface area contributed by atoms with E-state index in [4.69, 9.17) is 9.47 Å². The van der Waals surface area contributed by atoms with Gasteiger partial charge in [0.05, 0.1) is 0 Å². The predicted molar refractivity (Wildman–Crippen MR) is 126 cm³/mol. The van der Waals surface area contributed by atoms with E-state index < -0.39 is 0 Å². The summed E-state index contributed by atoms with van der Waals surface area (Å²) in [5.74, 6) is 0.938. The molecular formula is C26H25N3O4. The zero-order valence-electron chi connectivity index (χ0n) is 18.4. The molecule has 0 bridgehead atoms. The third-order valence-electron chi connectivity index (χ3n) is 5.86. The number of hydrogen-bond donors (Lipinski definition) is 1. The summed E-state index contributed by atoms with van der Waals surface area (Å²) in [4.78, 5) is 29.6. The topological polar surface area (TPSA) is 71.1 Å². The minimum atomic E-state index is -0.253. The SMILES string of the molecule is Cc1ccc(CN2CCCN(c3cccc(NC(=O)c4ccc5c(c4)OCO5)c3)C2=O)cc1. The molecule has 0 unspecified atom stereocenters. The van der Waals surface area contributed by atoms with Gasteiger partial charge in [0.15, 0.2) is 11.5 Å². The van der Waals surface area contributed by atoms with Crippen LogP contribution in [0, 0.1) is 6.92 Å². The van der Waals surface area contributed by atoms with E-state index in [9.17, 15) is 9.59 Å². The summed E-state index contributed by atoms with van der Waals surface area (Å²) in [6.07, 6.45) is 0.880. The number of hydrogen-bond acceptors (Lipinski definition) is 4. The molecule has 0 spiro atoms. The van der Waals surface area contributed by atoms with Gasteiger partial charge in [-0.1, -0.05) is 35.9 Å². The highest BCUT2D eigenvalue weighted by molar-refractivity contribution is 6.05. The molecule has 0 radical (unpaired) electrons. The summed E-state index contributed by atoms with van der Waals surface area (Å²) < 4.78 is 10.7. The third-order valence-corrected chi connectivity index (χ3v) is 5.86. The predicted octanol–water partition coefficient (Wildman–Crippen LogP) is 4.81. The Hall–Kier alpha value is -4.00. The Morgan fingerprint density at radius 1 is 0.970 bits per heavy atom. The summed E-state index contributed by atoms with van der Waals surface area (Å²) in [5.41, 5.74) is 4.17. The van der Waals surface area contributed by atoms with Crippen molar-refractivity contribution in [3.8, 4) is 11.5 Å². The molecule has 3 aromatic rings. The van der Waals surface area contributed by atoms with E-state index >= 15 is 0 Å². The molecule has 2 aliphatic rings. The first kappa shape index (κ1) is 20.9. The van der Waals surface area contributed by atoms with Crippen molar-refractivity contribution in [2.45, 2.75) is 19.9 Å². The Morgan fingerprint density at radius 3 is 2.64 bits per heavy atom. The normalized spacial score (nSPS) is 15.0. The first-order valence-corrected chi connectivity index (χ1v) is 11.0. The highest BCUT2D eigenvalue weighted by Crippen LogP contribution is 2.33. The molecular weight excluding hydrogens is 418 g/mol. The van der Waals surface area contributed by atoms with Gasteiger partial charge in [-0.15, -0.1) is 0 Å². The van der Waals surface area contributed by atoms with Crippen LogP contribution in [0.1, 0.15) is 27.9 Å². The number of amides is 3. The molecule has 1 fully saturated rings. The standard InChI is InChI=1S/C26H25N3O4/c1-18-6-8-19(9-7-18)16-28-12-3-13-29(26(28)31)22-5-2-4-21(15-22)27-25(30)20-10-11-23-24(14-20)33-17-32-23/h2,4-11,14-15H,3,12-13,16-17H2,1H3,(H,27,30). The van der Waals surface area contributed by atoms with E-state index in [1.807, 2.05) is 29.2 Å². The van der Waals surface area contributed by atoms with Crippen molar-refractivity contribution in [2.24, 2.45) is 0 Å². The van der Waals surface area contributed by atoms with Crippen LogP contribution in [0.2, 0.25) is 0 Å². The van der Waals surface area contributed by atoms with Crippen LogP contribution < -0.4 is 19.7 Å². The van der Waals surface area contributed by atoms with E-state index in [1.54, 1.807) is 23.1 Å². The molecule has 7 nitrogen and oxygen atoms in total. The number of ether oxygens (including phenoxy) is 2. The molecule has 2 heterocycles. The lowest BCUT2D eigenvalue weighted by molar-refractivity contribution is 0.102. The molecule has 168 valence electrons. The number of carbonyl (C=O) groups is 2. The van der Waals surface area contributed by atoms with Gasteiger partial charge in [0.2, 0.25) is 6.79 Å². The number of benzene rings is 3. The number of nitrogens with zero attached hydrogens (tertiary/aromatic N) is 2. The van der Waals surface area contributed by atoms with Crippen LogP contribution in [0.4, 0.5) is 16.2 Å². The van der Waals surface area contributed by atoms with Crippen LogP contribution in [0.3, 0.4) is 0 Å². The summed E-state index contributed by atoms with van der Waals surface area (Å²) in [7, 11) is 0. The molecule has 3 aromatic carbocycles. The first-order valence-electron chi connectivity index (χ1n) is 11.0. The van der Waals surface area contributed by atoms with E-state index in [1.165, 1.54) is 5.56 Å². The quantitative estimate of drug-likeness (QED) is 0.614. The van der Waals surface area contributed by atoms with Crippen molar-refractivity contribution in [2.75, 3.05) is 30.1 Å². The Kier molecular flexibility index (Phi) is 5.60. The second-order valence-corrected chi connectivity index (χ2v) is 8.27. The molecule has 0 aromatic heterocycles. The van der Waals surface area contributed by atoms with Crippen LogP contribution in [0.25, 0.3) is 0 Å². The summed E-state index contributed by atoms with van der Waals surface area (Å²) in [5, 5.41) is 2.91. The molecule has 0 saturated carbocycles. The van der Waals surface area contributed by atoms with Gasteiger partial charge < -0.3 is 19.7 Å². The van der Waals surface area contributed by atoms with Crippen molar-refractivity contribution < 1.29 is 19.1 Å². The molecule has 1 N–H and O–H groups in total. The largest absolute Gasteiger partial charge is 0.454 e. The van der Waals surface area contributed by atoms with E-state index in [0.717, 1.165) is 24.2 Å². The molecule has 7 heteroatoms. The van der Waals surface area contributed by atoms with Gasteiger partial charge in [-0.05, 0) is 55.3 Å². The monoisotopic (exact) mass is 443 g/mol. The zero-order valence-corrected chi connectivity index (χ0v) is 18.4. The van der Waals surface area contributed by atoms with E-state index in [2.05, 4.69) is 36.5 Å². The number of fused-ring (bicyclic) bond motifs is 1. The highest BCUT2D eigenvalue weighted by atomic mass is 16.7. The number of nitrogens with one attached hydrogen (secondary N) is 1. The van der Waals surface area contributed by atoms with Crippen molar-refractivity contribution in [1.29, 1.82) is 0 Å². The van der Waals surface area contributed by atoms with Gasteiger partial charge in [0.25, 0.3) is 5.91 Å². The van der Waals surface area contributed by atoms with Crippen molar-refractivity contribution in [3.05, 3.63) is 83.4 Å². The lowest BCUT2D eigenvalue weighted by Gasteiger charge is -2.36. The van der Waals surface area contributed by atoms with E-state index in [-0.39, 0.29) is 18.7 Å². The van der Waals surface area contributed by atoms with Gasteiger partial charge >= 0.3 is 6.03 Å². The van der Waals surface area contributed by atoms with Gasteiger partial charge in [0.1, 0.15) is 0 Å². The fraction of sp³-hybridized carbons (Fsp3) is 0.231.